The molecule has 2 rings (SSSR count). The molecule has 1 aliphatic heterocycles. The van der Waals surface area contributed by atoms with E-state index in [1.807, 2.05) is 17.9 Å². The average molecular weight is 280 g/mol. The minimum atomic E-state index is 0.155. The highest BCUT2D eigenvalue weighted by Crippen LogP contribution is 2.28. The summed E-state index contributed by atoms with van der Waals surface area (Å²) in [6.07, 6.45) is 7.64. The largest absolute Gasteiger partial charge is 0.378 e. The molecule has 0 spiro atoms. The highest BCUT2D eigenvalue weighted by molar-refractivity contribution is 5.13. The third-order valence-electron chi connectivity index (χ3n) is 4.22. The normalized spacial score (nSPS) is 21.0. The third-order valence-corrected chi connectivity index (χ3v) is 4.22. The molecule has 2 N–H and O–H groups in total. The van der Waals surface area contributed by atoms with E-state index < -0.39 is 0 Å². The van der Waals surface area contributed by atoms with Gasteiger partial charge in [-0.05, 0) is 26.2 Å². The molecule has 0 aromatic carbocycles. The molecular weight excluding hydrogens is 252 g/mol. The zero-order chi connectivity index (χ0) is 14.5. The monoisotopic (exact) mass is 280 g/mol. The molecule has 1 aromatic heterocycles. The van der Waals surface area contributed by atoms with Crippen molar-refractivity contribution in [1.82, 2.24) is 14.7 Å². The van der Waals surface area contributed by atoms with E-state index in [9.17, 15) is 0 Å². The van der Waals surface area contributed by atoms with E-state index in [-0.39, 0.29) is 12.1 Å². The van der Waals surface area contributed by atoms with Gasteiger partial charge >= 0.3 is 0 Å². The van der Waals surface area contributed by atoms with Gasteiger partial charge in [0, 0.05) is 44.5 Å². The van der Waals surface area contributed by atoms with Crippen LogP contribution in [0.5, 0.6) is 0 Å². The van der Waals surface area contributed by atoms with Gasteiger partial charge in [0.1, 0.15) is 0 Å². The zero-order valence-corrected chi connectivity index (χ0v) is 13.0. The predicted octanol–water partition coefficient (Wildman–Crippen LogP) is 1.70. The Morgan fingerprint density at radius 2 is 2.10 bits per heavy atom. The average Bonchev–Trinajstić information content (AvgIpc) is 2.87. The first-order valence-electron chi connectivity index (χ1n) is 7.75. The number of ether oxygens (including phenoxy) is 1. The fourth-order valence-electron chi connectivity index (χ4n) is 3.10. The molecule has 1 aromatic rings. The van der Waals surface area contributed by atoms with Crippen molar-refractivity contribution in [2.24, 2.45) is 12.8 Å². The van der Waals surface area contributed by atoms with Gasteiger partial charge in [-0.2, -0.15) is 5.10 Å². The standard InChI is InChI=1S/C15H28N4O/c1-4-14(16)15(12-10-17-18(3)11-12)19-8-6-13(7-9-19)20-5-2/h10-11,13-15H,4-9,16H2,1-3H3. The van der Waals surface area contributed by atoms with Gasteiger partial charge in [-0.25, -0.2) is 0 Å². The molecule has 2 unspecified atom stereocenters. The van der Waals surface area contributed by atoms with Crippen LogP contribution in [0.3, 0.4) is 0 Å². The molecule has 2 heterocycles. The number of nitrogens with two attached hydrogens (primary N) is 1. The quantitative estimate of drug-likeness (QED) is 0.861. The Morgan fingerprint density at radius 1 is 1.40 bits per heavy atom. The topological polar surface area (TPSA) is 56.3 Å². The lowest BCUT2D eigenvalue weighted by Crippen LogP contribution is -2.45. The first-order valence-corrected chi connectivity index (χ1v) is 7.75. The minimum absolute atomic E-state index is 0.155. The molecule has 1 aliphatic rings. The Bertz CT molecular complexity index is 398. The summed E-state index contributed by atoms with van der Waals surface area (Å²) < 4.78 is 7.59. The first-order chi connectivity index (χ1) is 9.65. The Labute approximate surface area is 122 Å². The van der Waals surface area contributed by atoms with Crippen molar-refractivity contribution in [3.8, 4) is 0 Å². The number of aryl methyl sites for hydroxylation is 1. The molecule has 0 saturated carbocycles. The maximum Gasteiger partial charge on any atom is 0.0599 e. The van der Waals surface area contributed by atoms with E-state index in [1.165, 1.54) is 5.56 Å². The highest BCUT2D eigenvalue weighted by atomic mass is 16.5. The molecule has 2 atom stereocenters. The maximum atomic E-state index is 6.37. The summed E-state index contributed by atoms with van der Waals surface area (Å²) in [5.74, 6) is 0. The lowest BCUT2D eigenvalue weighted by Gasteiger charge is -2.39. The summed E-state index contributed by atoms with van der Waals surface area (Å²) in [6, 6.07) is 0.430. The second-order valence-electron chi connectivity index (χ2n) is 5.65. The van der Waals surface area contributed by atoms with Gasteiger partial charge in [-0.15, -0.1) is 0 Å². The third kappa shape index (κ3) is 3.59. The van der Waals surface area contributed by atoms with E-state index in [4.69, 9.17) is 10.5 Å². The van der Waals surface area contributed by atoms with Gasteiger partial charge in [0.05, 0.1) is 18.3 Å². The van der Waals surface area contributed by atoms with Crippen LogP contribution in [-0.2, 0) is 11.8 Å². The molecule has 5 nitrogen and oxygen atoms in total. The van der Waals surface area contributed by atoms with Crippen LogP contribution in [0.2, 0.25) is 0 Å². The molecule has 0 radical (unpaired) electrons. The van der Waals surface area contributed by atoms with Crippen molar-refractivity contribution in [2.45, 2.75) is 51.3 Å². The lowest BCUT2D eigenvalue weighted by atomic mass is 9.96. The van der Waals surface area contributed by atoms with Gasteiger partial charge in [0.25, 0.3) is 0 Å². The van der Waals surface area contributed by atoms with Crippen molar-refractivity contribution in [3.05, 3.63) is 18.0 Å². The van der Waals surface area contributed by atoms with Crippen LogP contribution in [0, 0.1) is 0 Å². The minimum Gasteiger partial charge on any atom is -0.378 e. The van der Waals surface area contributed by atoms with Crippen LogP contribution in [-0.4, -0.2) is 46.5 Å². The number of likely N-dealkylation sites (tertiary alicyclic amines) is 1. The Morgan fingerprint density at radius 3 is 2.60 bits per heavy atom. The van der Waals surface area contributed by atoms with Crippen LogP contribution in [0.15, 0.2) is 12.4 Å². The molecule has 0 aliphatic carbocycles. The number of piperidine rings is 1. The molecule has 0 bridgehead atoms. The molecule has 114 valence electrons. The molecule has 1 saturated heterocycles. The van der Waals surface area contributed by atoms with Gasteiger partial charge in [-0.1, -0.05) is 6.92 Å². The number of rotatable bonds is 6. The van der Waals surface area contributed by atoms with Gasteiger partial charge in [0.15, 0.2) is 0 Å². The molecule has 0 amide bonds. The van der Waals surface area contributed by atoms with E-state index in [1.54, 1.807) is 0 Å². The van der Waals surface area contributed by atoms with Crippen molar-refractivity contribution >= 4 is 0 Å². The number of hydrogen-bond donors (Lipinski definition) is 1. The first kappa shape index (κ1) is 15.5. The van der Waals surface area contributed by atoms with E-state index in [0.29, 0.717) is 6.10 Å². The summed E-state index contributed by atoms with van der Waals surface area (Å²) in [6.45, 7) is 7.14. The molecular formula is C15H28N4O. The van der Waals surface area contributed by atoms with Crippen molar-refractivity contribution in [2.75, 3.05) is 19.7 Å². The van der Waals surface area contributed by atoms with Gasteiger partial charge in [0.2, 0.25) is 0 Å². The second kappa shape index (κ2) is 7.20. The predicted molar refractivity (Wildman–Crippen MR) is 80.4 cm³/mol. The summed E-state index contributed by atoms with van der Waals surface area (Å²) >= 11 is 0. The Hall–Kier alpha value is -0.910. The Kier molecular flexibility index (Phi) is 5.57. The van der Waals surface area contributed by atoms with E-state index in [2.05, 4.69) is 30.0 Å². The van der Waals surface area contributed by atoms with E-state index in [0.717, 1.165) is 39.0 Å². The molecule has 5 heteroatoms. The van der Waals surface area contributed by atoms with Crippen LogP contribution < -0.4 is 5.73 Å². The summed E-state index contributed by atoms with van der Waals surface area (Å²) in [5.41, 5.74) is 7.61. The SMILES string of the molecule is CCOC1CCN(C(c2cnn(C)c2)C(N)CC)CC1. The van der Waals surface area contributed by atoms with Gasteiger partial charge < -0.3 is 10.5 Å². The Balaban J connectivity index is 2.05. The van der Waals surface area contributed by atoms with Crippen molar-refractivity contribution in [3.63, 3.8) is 0 Å². The van der Waals surface area contributed by atoms with Crippen LogP contribution >= 0.6 is 0 Å². The second-order valence-corrected chi connectivity index (χ2v) is 5.65. The lowest BCUT2D eigenvalue weighted by molar-refractivity contribution is 0.000339. The number of nitrogens with zero attached hydrogens (tertiary/aromatic N) is 3. The van der Waals surface area contributed by atoms with Crippen LogP contribution in [0.1, 0.15) is 44.7 Å². The van der Waals surface area contributed by atoms with E-state index >= 15 is 0 Å². The summed E-state index contributed by atoms with van der Waals surface area (Å²) in [5, 5.41) is 4.30. The molecule has 20 heavy (non-hydrogen) atoms. The smallest absolute Gasteiger partial charge is 0.0599 e. The highest BCUT2D eigenvalue weighted by Gasteiger charge is 2.30. The molecule has 1 fully saturated rings. The zero-order valence-electron chi connectivity index (χ0n) is 13.0. The van der Waals surface area contributed by atoms with Crippen LogP contribution in [0.25, 0.3) is 0 Å². The van der Waals surface area contributed by atoms with Crippen LogP contribution in [0.4, 0.5) is 0 Å². The van der Waals surface area contributed by atoms with Crippen molar-refractivity contribution < 1.29 is 4.74 Å². The maximum absolute atomic E-state index is 6.37. The van der Waals surface area contributed by atoms with Crippen molar-refractivity contribution in [1.29, 1.82) is 0 Å². The fourth-order valence-corrected chi connectivity index (χ4v) is 3.10. The number of aromatic nitrogens is 2. The fraction of sp³-hybridized carbons (Fsp3) is 0.800. The van der Waals surface area contributed by atoms with Gasteiger partial charge in [-0.3, -0.25) is 9.58 Å². The summed E-state index contributed by atoms with van der Waals surface area (Å²) in [7, 11) is 1.96. The number of hydrogen-bond acceptors (Lipinski definition) is 4. The summed E-state index contributed by atoms with van der Waals surface area (Å²) in [4.78, 5) is 2.50.